The Morgan fingerprint density at radius 3 is 2.72 bits per heavy atom. The van der Waals surface area contributed by atoms with Crippen molar-refractivity contribution < 1.29 is 5.11 Å². The fraction of sp³-hybridized carbons (Fsp3) is 0.357. The Morgan fingerprint density at radius 1 is 1.33 bits per heavy atom. The fourth-order valence-corrected chi connectivity index (χ4v) is 2.61. The topological polar surface area (TPSA) is 38.0 Å². The molecule has 4 heteroatoms. The maximum atomic E-state index is 8.85. The van der Waals surface area contributed by atoms with Gasteiger partial charge in [0.25, 0.3) is 0 Å². The quantitative estimate of drug-likeness (QED) is 0.870. The highest BCUT2D eigenvalue weighted by Gasteiger charge is 2.03. The number of rotatable bonds is 6. The molecule has 1 aromatic heterocycles. The molecule has 0 bridgehead atoms. The second-order valence-corrected chi connectivity index (χ2v) is 5.68. The normalized spacial score (nSPS) is 12.6. The minimum Gasteiger partial charge on any atom is -0.396 e. The molecule has 1 atom stereocenters. The van der Waals surface area contributed by atoms with E-state index in [2.05, 4.69) is 36.3 Å². The summed E-state index contributed by atoms with van der Waals surface area (Å²) in [7, 11) is 0. The van der Waals surface area contributed by atoms with E-state index in [1.54, 1.807) is 6.20 Å². The number of aliphatic hydroxyl groups excluding tert-OH is 1. The van der Waals surface area contributed by atoms with Crippen LogP contribution >= 0.6 is 11.8 Å². The lowest BCUT2D eigenvalue weighted by Gasteiger charge is -2.09. The minimum absolute atomic E-state index is 0.270. The monoisotopic (exact) mass is 262 g/mol. The number of benzene rings is 1. The number of thioether (sulfide) groups is 1. The lowest BCUT2D eigenvalue weighted by molar-refractivity contribution is 0.289. The highest BCUT2D eigenvalue weighted by Crippen LogP contribution is 2.20. The van der Waals surface area contributed by atoms with Crippen molar-refractivity contribution in [1.29, 1.82) is 0 Å². The summed E-state index contributed by atoms with van der Waals surface area (Å²) in [5.41, 5.74) is 2.39. The summed E-state index contributed by atoms with van der Waals surface area (Å²) in [4.78, 5) is 0. The Balaban J connectivity index is 1.92. The smallest absolute Gasteiger partial charge is 0.0645 e. The molecular weight excluding hydrogens is 244 g/mol. The van der Waals surface area contributed by atoms with Gasteiger partial charge in [0.1, 0.15) is 0 Å². The van der Waals surface area contributed by atoms with Crippen molar-refractivity contribution in [1.82, 2.24) is 9.78 Å². The summed E-state index contributed by atoms with van der Waals surface area (Å²) in [5, 5.41) is 13.6. The molecule has 1 unspecified atom stereocenters. The molecule has 0 aliphatic heterocycles. The van der Waals surface area contributed by atoms with Crippen molar-refractivity contribution in [3.63, 3.8) is 0 Å². The van der Waals surface area contributed by atoms with E-state index in [0.29, 0.717) is 5.25 Å². The summed E-state index contributed by atoms with van der Waals surface area (Å²) in [6.45, 7) is 2.42. The zero-order chi connectivity index (χ0) is 12.8. The highest BCUT2D eigenvalue weighted by atomic mass is 32.2. The molecule has 0 fully saturated rings. The second kappa shape index (κ2) is 6.61. The molecule has 1 heterocycles. The lowest BCUT2D eigenvalue weighted by atomic mass is 10.2. The van der Waals surface area contributed by atoms with E-state index in [-0.39, 0.29) is 6.61 Å². The molecule has 1 N–H and O–H groups in total. The Bertz CT molecular complexity index is 453. The summed E-state index contributed by atoms with van der Waals surface area (Å²) in [6.07, 6.45) is 4.57. The zero-order valence-corrected chi connectivity index (χ0v) is 11.3. The Morgan fingerprint density at radius 2 is 2.11 bits per heavy atom. The first-order valence-electron chi connectivity index (χ1n) is 6.11. The first-order valence-corrected chi connectivity index (χ1v) is 7.16. The van der Waals surface area contributed by atoms with Crippen LogP contribution in [0.15, 0.2) is 42.7 Å². The maximum Gasteiger partial charge on any atom is 0.0645 e. The summed E-state index contributed by atoms with van der Waals surface area (Å²) in [6, 6.07) is 10.4. The fourth-order valence-electron chi connectivity index (χ4n) is 1.67. The van der Waals surface area contributed by atoms with Gasteiger partial charge < -0.3 is 5.11 Å². The van der Waals surface area contributed by atoms with Crippen molar-refractivity contribution in [2.24, 2.45) is 0 Å². The molecule has 1 aromatic carbocycles. The zero-order valence-electron chi connectivity index (χ0n) is 10.5. The van der Waals surface area contributed by atoms with Gasteiger partial charge in [-0.1, -0.05) is 19.1 Å². The van der Waals surface area contributed by atoms with Crippen LogP contribution in [-0.4, -0.2) is 26.7 Å². The van der Waals surface area contributed by atoms with Crippen LogP contribution in [0.25, 0.3) is 5.69 Å². The third kappa shape index (κ3) is 3.62. The van der Waals surface area contributed by atoms with Gasteiger partial charge in [-0.05, 0) is 30.2 Å². The van der Waals surface area contributed by atoms with E-state index in [1.165, 1.54) is 5.56 Å². The molecule has 18 heavy (non-hydrogen) atoms. The van der Waals surface area contributed by atoms with E-state index in [9.17, 15) is 0 Å². The summed E-state index contributed by atoms with van der Waals surface area (Å²) >= 11 is 1.87. The molecule has 0 aliphatic rings. The lowest BCUT2D eigenvalue weighted by Crippen LogP contribution is -2.00. The number of aliphatic hydroxyl groups is 1. The van der Waals surface area contributed by atoms with Gasteiger partial charge >= 0.3 is 0 Å². The van der Waals surface area contributed by atoms with Crippen molar-refractivity contribution in [2.45, 2.75) is 24.3 Å². The van der Waals surface area contributed by atoms with Crippen molar-refractivity contribution in [3.8, 4) is 5.69 Å². The third-order valence-corrected chi connectivity index (χ3v) is 4.08. The molecule has 0 aliphatic carbocycles. The predicted octanol–water partition coefficient (Wildman–Crippen LogP) is 2.88. The van der Waals surface area contributed by atoms with Crippen molar-refractivity contribution in [3.05, 3.63) is 48.3 Å². The second-order valence-electron chi connectivity index (χ2n) is 4.25. The van der Waals surface area contributed by atoms with Crippen LogP contribution in [0.4, 0.5) is 0 Å². The summed E-state index contributed by atoms with van der Waals surface area (Å²) in [5.74, 6) is 0.987. The largest absolute Gasteiger partial charge is 0.396 e. The van der Waals surface area contributed by atoms with Gasteiger partial charge in [0.05, 0.1) is 5.69 Å². The predicted molar refractivity (Wildman–Crippen MR) is 76.0 cm³/mol. The average molecular weight is 262 g/mol. The summed E-state index contributed by atoms with van der Waals surface area (Å²) < 4.78 is 1.85. The molecule has 0 saturated heterocycles. The van der Waals surface area contributed by atoms with Crippen LogP contribution in [0.1, 0.15) is 18.9 Å². The van der Waals surface area contributed by atoms with E-state index in [0.717, 1.165) is 17.9 Å². The number of hydrogen-bond donors (Lipinski definition) is 1. The first-order chi connectivity index (χ1) is 8.79. The average Bonchev–Trinajstić information content (AvgIpc) is 2.91. The maximum absolute atomic E-state index is 8.85. The van der Waals surface area contributed by atoms with Gasteiger partial charge in [0.2, 0.25) is 0 Å². The van der Waals surface area contributed by atoms with Gasteiger partial charge in [-0.2, -0.15) is 16.9 Å². The van der Waals surface area contributed by atoms with Gasteiger partial charge in [0, 0.05) is 30.0 Å². The Labute approximate surface area is 112 Å². The molecule has 96 valence electrons. The van der Waals surface area contributed by atoms with Crippen LogP contribution in [0.2, 0.25) is 0 Å². The van der Waals surface area contributed by atoms with E-state index in [1.807, 2.05) is 28.7 Å². The number of hydrogen-bond acceptors (Lipinski definition) is 3. The van der Waals surface area contributed by atoms with Gasteiger partial charge in [-0.3, -0.25) is 0 Å². The van der Waals surface area contributed by atoms with Gasteiger partial charge in [-0.15, -0.1) is 0 Å². The molecule has 0 spiro atoms. The Hall–Kier alpha value is -1.26. The minimum atomic E-state index is 0.270. The SMILES string of the molecule is CC(CCO)SCc1ccc(-n2cccn2)cc1. The molecule has 3 nitrogen and oxygen atoms in total. The highest BCUT2D eigenvalue weighted by molar-refractivity contribution is 7.99. The molecule has 2 rings (SSSR count). The third-order valence-electron chi connectivity index (χ3n) is 2.78. The first kappa shape index (κ1) is 13.2. The van der Waals surface area contributed by atoms with E-state index >= 15 is 0 Å². The molecular formula is C14H18N2OS. The molecule has 2 aromatic rings. The van der Waals surface area contributed by atoms with Crippen molar-refractivity contribution in [2.75, 3.05) is 6.61 Å². The number of nitrogens with zero attached hydrogens (tertiary/aromatic N) is 2. The standard InChI is InChI=1S/C14H18N2OS/c1-12(7-10-17)18-11-13-3-5-14(6-4-13)16-9-2-8-15-16/h2-6,8-9,12,17H,7,10-11H2,1H3. The number of aromatic nitrogens is 2. The van der Waals surface area contributed by atoms with Gasteiger partial charge in [0.15, 0.2) is 0 Å². The van der Waals surface area contributed by atoms with E-state index in [4.69, 9.17) is 5.11 Å². The van der Waals surface area contributed by atoms with Gasteiger partial charge in [-0.25, -0.2) is 4.68 Å². The molecule has 0 saturated carbocycles. The van der Waals surface area contributed by atoms with Crippen LogP contribution in [-0.2, 0) is 5.75 Å². The van der Waals surface area contributed by atoms with E-state index < -0.39 is 0 Å². The molecule has 0 amide bonds. The van der Waals surface area contributed by atoms with Crippen LogP contribution in [0.5, 0.6) is 0 Å². The van der Waals surface area contributed by atoms with Crippen LogP contribution < -0.4 is 0 Å². The van der Waals surface area contributed by atoms with Crippen LogP contribution in [0.3, 0.4) is 0 Å². The van der Waals surface area contributed by atoms with Crippen molar-refractivity contribution >= 4 is 11.8 Å². The molecule has 0 radical (unpaired) electrons. The van der Waals surface area contributed by atoms with Crippen LogP contribution in [0, 0.1) is 0 Å². The Kier molecular flexibility index (Phi) is 4.84.